The Labute approximate surface area is 129 Å². The number of benzene rings is 1. The minimum absolute atomic E-state index is 0.152. The van der Waals surface area contributed by atoms with Gasteiger partial charge in [0.25, 0.3) is 5.91 Å². The van der Waals surface area contributed by atoms with Crippen molar-refractivity contribution in [1.82, 2.24) is 4.90 Å². The van der Waals surface area contributed by atoms with E-state index in [0.29, 0.717) is 6.54 Å². The average Bonchev–Trinajstić information content (AvgIpc) is 2.75. The third kappa shape index (κ3) is 3.69. The van der Waals surface area contributed by atoms with Crippen molar-refractivity contribution in [3.63, 3.8) is 0 Å². The fourth-order valence-corrected chi connectivity index (χ4v) is 2.43. The number of nitrogens with zero attached hydrogens (tertiary/aromatic N) is 2. The van der Waals surface area contributed by atoms with E-state index in [4.69, 9.17) is 4.74 Å². The second-order valence-corrected chi connectivity index (χ2v) is 6.39. The maximum absolute atomic E-state index is 12.2. The van der Waals surface area contributed by atoms with Gasteiger partial charge in [0.2, 0.25) is 0 Å². The van der Waals surface area contributed by atoms with Crippen LogP contribution in [-0.4, -0.2) is 35.0 Å². The van der Waals surface area contributed by atoms with Crippen molar-refractivity contribution in [3.05, 3.63) is 40.8 Å². The number of rotatable bonds is 4. The van der Waals surface area contributed by atoms with Gasteiger partial charge in [-0.3, -0.25) is 9.59 Å². The molecule has 1 aromatic rings. The van der Waals surface area contributed by atoms with Crippen molar-refractivity contribution in [1.29, 1.82) is 0 Å². The van der Waals surface area contributed by atoms with Crippen LogP contribution in [0.4, 0.5) is 0 Å². The third-order valence-corrected chi connectivity index (χ3v) is 3.40. The Morgan fingerprint density at radius 3 is 2.50 bits per heavy atom. The Bertz CT molecular complexity index is 565. The molecular formula is C16H20N2O4. The van der Waals surface area contributed by atoms with Gasteiger partial charge in [-0.1, -0.05) is 35.5 Å². The second-order valence-electron chi connectivity index (χ2n) is 6.39. The highest BCUT2D eigenvalue weighted by Gasteiger charge is 2.47. The van der Waals surface area contributed by atoms with Crippen LogP contribution in [0, 0.1) is 10.8 Å². The van der Waals surface area contributed by atoms with Gasteiger partial charge in [-0.2, -0.15) is 0 Å². The molecule has 2 unspecified atom stereocenters. The van der Waals surface area contributed by atoms with Crippen molar-refractivity contribution in [3.8, 4) is 0 Å². The summed E-state index contributed by atoms with van der Waals surface area (Å²) in [5, 5.41) is 2.85. The van der Waals surface area contributed by atoms with Gasteiger partial charge in [-0.15, -0.1) is 4.91 Å². The molecule has 1 aromatic carbocycles. The first kappa shape index (κ1) is 16.1. The molecular weight excluding hydrogens is 284 g/mol. The van der Waals surface area contributed by atoms with Gasteiger partial charge < -0.3 is 9.64 Å². The number of likely N-dealkylation sites (tertiary alicyclic amines) is 1. The first-order valence-corrected chi connectivity index (χ1v) is 7.20. The predicted molar refractivity (Wildman–Crippen MR) is 80.8 cm³/mol. The molecule has 0 aliphatic carbocycles. The molecule has 0 saturated carbocycles. The van der Waals surface area contributed by atoms with Gasteiger partial charge in [-0.25, -0.2) is 0 Å². The molecule has 1 fully saturated rings. The molecule has 22 heavy (non-hydrogen) atoms. The molecule has 1 amide bonds. The predicted octanol–water partition coefficient (Wildman–Crippen LogP) is 2.12. The van der Waals surface area contributed by atoms with Gasteiger partial charge in [0.15, 0.2) is 6.04 Å². The van der Waals surface area contributed by atoms with Crippen molar-refractivity contribution >= 4 is 11.9 Å². The molecule has 1 aliphatic heterocycles. The van der Waals surface area contributed by atoms with E-state index in [-0.39, 0.29) is 6.54 Å². The summed E-state index contributed by atoms with van der Waals surface area (Å²) in [6, 6.07) is 8.20. The summed E-state index contributed by atoms with van der Waals surface area (Å²) >= 11 is 0. The minimum Gasteiger partial charge on any atom is -0.460 e. The fourth-order valence-electron chi connectivity index (χ4n) is 2.43. The van der Waals surface area contributed by atoms with E-state index in [1.54, 1.807) is 20.8 Å². The van der Waals surface area contributed by atoms with Crippen molar-refractivity contribution < 1.29 is 14.3 Å². The highest BCUT2D eigenvalue weighted by molar-refractivity contribution is 5.92. The number of esters is 1. The third-order valence-electron chi connectivity index (χ3n) is 3.40. The van der Waals surface area contributed by atoms with Gasteiger partial charge >= 0.3 is 5.97 Å². The average molecular weight is 304 g/mol. The number of hydrogen-bond acceptors (Lipinski definition) is 5. The molecule has 0 N–H and O–H groups in total. The number of ether oxygens (including phenoxy) is 1. The molecule has 6 heteroatoms. The van der Waals surface area contributed by atoms with E-state index in [1.807, 2.05) is 30.3 Å². The number of carbonyl (C=O) groups excluding carboxylic acids is 2. The highest BCUT2D eigenvalue weighted by atomic mass is 16.6. The van der Waals surface area contributed by atoms with E-state index in [2.05, 4.69) is 5.18 Å². The molecule has 1 aliphatic rings. The summed E-state index contributed by atoms with van der Waals surface area (Å²) in [6.07, 6.45) is 0. The standard InChI is InChI=1S/C16H20N2O4/c1-16(2,3)22-15(20)12-10-18(14(19)13(12)17-21)9-11-7-5-4-6-8-11/h4-8,12-13H,9-10H2,1-3H3. The van der Waals surface area contributed by atoms with Crippen LogP contribution in [-0.2, 0) is 20.9 Å². The normalized spacial score (nSPS) is 21.8. The Hall–Kier alpha value is -2.24. The molecule has 1 saturated heterocycles. The van der Waals surface area contributed by atoms with Crippen LogP contribution >= 0.6 is 0 Å². The molecule has 0 aromatic heterocycles. The summed E-state index contributed by atoms with van der Waals surface area (Å²) in [6.45, 7) is 5.73. The molecule has 0 spiro atoms. The maximum Gasteiger partial charge on any atom is 0.314 e. The summed E-state index contributed by atoms with van der Waals surface area (Å²) in [5.41, 5.74) is 0.269. The lowest BCUT2D eigenvalue weighted by Crippen LogP contribution is -2.34. The minimum atomic E-state index is -1.20. The Kier molecular flexibility index (Phi) is 4.59. The summed E-state index contributed by atoms with van der Waals surface area (Å²) < 4.78 is 5.28. The van der Waals surface area contributed by atoms with E-state index >= 15 is 0 Å². The number of carbonyl (C=O) groups is 2. The van der Waals surface area contributed by atoms with Crippen LogP contribution in [0.3, 0.4) is 0 Å². The Morgan fingerprint density at radius 1 is 1.32 bits per heavy atom. The number of hydrogen-bond donors (Lipinski definition) is 0. The first-order valence-electron chi connectivity index (χ1n) is 7.20. The zero-order chi connectivity index (χ0) is 16.3. The lowest BCUT2D eigenvalue weighted by atomic mass is 10.0. The lowest BCUT2D eigenvalue weighted by Gasteiger charge is -2.22. The lowest BCUT2D eigenvalue weighted by molar-refractivity contribution is -0.160. The van der Waals surface area contributed by atoms with Crippen molar-refractivity contribution in [2.45, 2.75) is 39.0 Å². The first-order chi connectivity index (χ1) is 10.3. The summed E-state index contributed by atoms with van der Waals surface area (Å²) in [4.78, 5) is 36.9. The van der Waals surface area contributed by atoms with Crippen molar-refractivity contribution in [2.24, 2.45) is 11.1 Å². The van der Waals surface area contributed by atoms with E-state index in [1.165, 1.54) is 4.90 Å². The summed E-state index contributed by atoms with van der Waals surface area (Å²) in [5.74, 6) is -1.82. The van der Waals surface area contributed by atoms with Crippen LogP contribution in [0.25, 0.3) is 0 Å². The van der Waals surface area contributed by atoms with Crippen LogP contribution in [0.5, 0.6) is 0 Å². The molecule has 118 valence electrons. The molecule has 0 bridgehead atoms. The fraction of sp³-hybridized carbons (Fsp3) is 0.500. The van der Waals surface area contributed by atoms with E-state index in [9.17, 15) is 14.5 Å². The van der Waals surface area contributed by atoms with E-state index in [0.717, 1.165) is 5.56 Å². The molecule has 2 rings (SSSR count). The van der Waals surface area contributed by atoms with Crippen LogP contribution in [0.2, 0.25) is 0 Å². The second kappa shape index (κ2) is 6.25. The maximum atomic E-state index is 12.2. The van der Waals surface area contributed by atoms with Crippen molar-refractivity contribution in [2.75, 3.05) is 6.54 Å². The number of amides is 1. The Morgan fingerprint density at radius 2 is 1.95 bits per heavy atom. The zero-order valence-electron chi connectivity index (χ0n) is 13.0. The number of nitroso groups, excluding NO2 is 1. The molecule has 2 atom stereocenters. The van der Waals surface area contributed by atoms with Gasteiger partial charge in [-0.05, 0) is 26.3 Å². The van der Waals surface area contributed by atoms with Gasteiger partial charge in [0.1, 0.15) is 11.5 Å². The van der Waals surface area contributed by atoms with Crippen LogP contribution in [0.15, 0.2) is 35.5 Å². The Balaban J connectivity index is 2.11. The smallest absolute Gasteiger partial charge is 0.314 e. The van der Waals surface area contributed by atoms with E-state index < -0.39 is 29.4 Å². The SMILES string of the molecule is CC(C)(C)OC(=O)C1CN(Cc2ccccc2)C(=O)C1N=O. The molecule has 1 heterocycles. The van der Waals surface area contributed by atoms with Gasteiger partial charge in [0.05, 0.1) is 0 Å². The monoisotopic (exact) mass is 304 g/mol. The molecule has 0 radical (unpaired) electrons. The van der Waals surface area contributed by atoms with Crippen LogP contribution < -0.4 is 0 Å². The van der Waals surface area contributed by atoms with Gasteiger partial charge in [0, 0.05) is 13.1 Å². The molecule has 6 nitrogen and oxygen atoms in total. The largest absolute Gasteiger partial charge is 0.460 e. The topological polar surface area (TPSA) is 76.0 Å². The quantitative estimate of drug-likeness (QED) is 0.630. The highest BCUT2D eigenvalue weighted by Crippen LogP contribution is 2.26. The summed E-state index contributed by atoms with van der Waals surface area (Å²) in [7, 11) is 0. The zero-order valence-corrected chi connectivity index (χ0v) is 13.0. The van der Waals surface area contributed by atoms with Crippen LogP contribution in [0.1, 0.15) is 26.3 Å².